The van der Waals surface area contributed by atoms with Gasteiger partial charge in [0.2, 0.25) is 11.8 Å². The maximum atomic E-state index is 12.7. The van der Waals surface area contributed by atoms with E-state index in [1.165, 1.54) is 0 Å². The van der Waals surface area contributed by atoms with Gasteiger partial charge >= 0.3 is 0 Å². The highest BCUT2D eigenvalue weighted by Gasteiger charge is 2.24. The maximum Gasteiger partial charge on any atom is 0.255 e. The van der Waals surface area contributed by atoms with E-state index < -0.39 is 6.04 Å². The molecule has 0 unspecified atom stereocenters. The van der Waals surface area contributed by atoms with Gasteiger partial charge in [-0.05, 0) is 42.2 Å². The van der Waals surface area contributed by atoms with E-state index in [1.54, 1.807) is 48.8 Å². The van der Waals surface area contributed by atoms with Crippen molar-refractivity contribution in [2.75, 3.05) is 10.6 Å². The highest BCUT2D eigenvalue weighted by Crippen LogP contribution is 2.17. The van der Waals surface area contributed by atoms with Gasteiger partial charge in [0.15, 0.2) is 0 Å². The molecule has 0 fully saturated rings. The molecule has 7 heteroatoms. The second kappa shape index (κ2) is 10.4. The zero-order chi connectivity index (χ0) is 21.4. The second-order valence-corrected chi connectivity index (χ2v) is 7.65. The molecule has 1 heterocycles. The van der Waals surface area contributed by atoms with Crippen molar-refractivity contribution < 1.29 is 14.4 Å². The summed E-state index contributed by atoms with van der Waals surface area (Å²) in [4.78, 5) is 41.0. The molecule has 0 spiro atoms. The van der Waals surface area contributed by atoms with Gasteiger partial charge < -0.3 is 16.0 Å². The lowest BCUT2D eigenvalue weighted by molar-refractivity contribution is -0.127. The van der Waals surface area contributed by atoms with Crippen LogP contribution < -0.4 is 16.0 Å². The Morgan fingerprint density at radius 2 is 1.55 bits per heavy atom. The van der Waals surface area contributed by atoms with Crippen molar-refractivity contribution in [2.24, 2.45) is 11.8 Å². The average Bonchev–Trinajstić information content (AvgIpc) is 2.66. The molecule has 0 saturated heterocycles. The standard InChI is InChI=1S/C22H28N4O3/c1-14(2)12-19(27)26-20(15(3)4)22(29)25-18-7-5-6-17(13-18)24-21(28)16-8-10-23-11-9-16/h5-11,13-15,20H,12H2,1-4H3,(H,24,28)(H,25,29)(H,26,27)/t20-/m1/s1. The molecule has 2 aromatic rings. The molecule has 7 nitrogen and oxygen atoms in total. The lowest BCUT2D eigenvalue weighted by Gasteiger charge is -2.22. The van der Waals surface area contributed by atoms with E-state index in [4.69, 9.17) is 0 Å². The quantitative estimate of drug-likeness (QED) is 0.636. The fourth-order valence-corrected chi connectivity index (χ4v) is 2.74. The van der Waals surface area contributed by atoms with Crippen molar-refractivity contribution in [3.05, 3.63) is 54.4 Å². The van der Waals surface area contributed by atoms with E-state index in [1.807, 2.05) is 27.7 Å². The van der Waals surface area contributed by atoms with E-state index in [-0.39, 0.29) is 29.6 Å². The summed E-state index contributed by atoms with van der Waals surface area (Å²) >= 11 is 0. The summed E-state index contributed by atoms with van der Waals surface area (Å²) in [5.41, 5.74) is 1.57. The summed E-state index contributed by atoms with van der Waals surface area (Å²) in [6.45, 7) is 7.67. The molecule has 3 N–H and O–H groups in total. The number of carbonyl (C=O) groups is 3. The van der Waals surface area contributed by atoms with Gasteiger partial charge in [-0.25, -0.2) is 0 Å². The fraction of sp³-hybridized carbons (Fsp3) is 0.364. The Balaban J connectivity index is 2.04. The summed E-state index contributed by atoms with van der Waals surface area (Å²) in [5, 5.41) is 8.42. The fourth-order valence-electron chi connectivity index (χ4n) is 2.74. The molecule has 1 aromatic carbocycles. The van der Waals surface area contributed by atoms with Gasteiger partial charge in [-0.3, -0.25) is 19.4 Å². The molecule has 29 heavy (non-hydrogen) atoms. The number of hydrogen-bond acceptors (Lipinski definition) is 4. The number of aromatic nitrogens is 1. The van der Waals surface area contributed by atoms with Crippen molar-refractivity contribution in [2.45, 2.75) is 40.2 Å². The molecule has 3 amide bonds. The van der Waals surface area contributed by atoms with Gasteiger partial charge in [-0.2, -0.15) is 0 Å². The van der Waals surface area contributed by atoms with Gasteiger partial charge in [0.25, 0.3) is 5.91 Å². The predicted molar refractivity (Wildman–Crippen MR) is 113 cm³/mol. The third-order valence-electron chi connectivity index (χ3n) is 4.19. The molecule has 1 aromatic heterocycles. The van der Waals surface area contributed by atoms with Gasteiger partial charge in [0, 0.05) is 35.8 Å². The molecule has 0 bridgehead atoms. The Morgan fingerprint density at radius 1 is 0.931 bits per heavy atom. The zero-order valence-corrected chi connectivity index (χ0v) is 17.2. The molecule has 1 atom stereocenters. The zero-order valence-electron chi connectivity index (χ0n) is 17.2. The van der Waals surface area contributed by atoms with Crippen molar-refractivity contribution >= 4 is 29.1 Å². The van der Waals surface area contributed by atoms with Gasteiger partial charge in [0.1, 0.15) is 6.04 Å². The highest BCUT2D eigenvalue weighted by atomic mass is 16.2. The van der Waals surface area contributed by atoms with Crippen molar-refractivity contribution in [1.29, 1.82) is 0 Å². The second-order valence-electron chi connectivity index (χ2n) is 7.65. The van der Waals surface area contributed by atoms with Crippen molar-refractivity contribution in [3.8, 4) is 0 Å². The minimum atomic E-state index is -0.642. The van der Waals surface area contributed by atoms with Gasteiger partial charge in [-0.1, -0.05) is 33.8 Å². The van der Waals surface area contributed by atoms with E-state index in [0.717, 1.165) is 0 Å². The summed E-state index contributed by atoms with van der Waals surface area (Å²) in [5.74, 6) is -0.564. The number of benzene rings is 1. The first-order valence-corrected chi connectivity index (χ1v) is 9.68. The smallest absolute Gasteiger partial charge is 0.255 e. The van der Waals surface area contributed by atoms with Crippen LogP contribution in [0.15, 0.2) is 48.8 Å². The van der Waals surface area contributed by atoms with Crippen LogP contribution in [0.3, 0.4) is 0 Å². The molecular formula is C22H28N4O3. The summed E-state index contributed by atoms with van der Waals surface area (Å²) < 4.78 is 0. The average molecular weight is 396 g/mol. The third kappa shape index (κ3) is 7.03. The molecule has 0 saturated carbocycles. The van der Waals surface area contributed by atoms with Gasteiger partial charge in [0.05, 0.1) is 0 Å². The molecule has 2 rings (SSSR count). The van der Waals surface area contributed by atoms with Crippen LogP contribution in [0.5, 0.6) is 0 Å². The topological polar surface area (TPSA) is 100 Å². The predicted octanol–water partition coefficient (Wildman–Crippen LogP) is 3.46. The SMILES string of the molecule is CC(C)CC(=O)N[C@@H](C(=O)Nc1cccc(NC(=O)c2ccncc2)c1)C(C)C. The molecule has 0 aliphatic carbocycles. The Kier molecular flexibility index (Phi) is 7.88. The van der Waals surface area contributed by atoms with Crippen LogP contribution in [0, 0.1) is 11.8 Å². The lowest BCUT2D eigenvalue weighted by atomic mass is 10.0. The first-order chi connectivity index (χ1) is 13.8. The first-order valence-electron chi connectivity index (χ1n) is 9.68. The number of amides is 3. The molecule has 154 valence electrons. The Morgan fingerprint density at radius 3 is 2.14 bits per heavy atom. The van der Waals surface area contributed by atoms with Crippen LogP contribution in [-0.4, -0.2) is 28.7 Å². The van der Waals surface area contributed by atoms with E-state index in [2.05, 4.69) is 20.9 Å². The summed E-state index contributed by atoms with van der Waals surface area (Å²) in [6, 6.07) is 9.47. The van der Waals surface area contributed by atoms with Crippen LogP contribution in [0.1, 0.15) is 44.5 Å². The number of pyridine rings is 1. The van der Waals surface area contributed by atoms with E-state index in [0.29, 0.717) is 23.4 Å². The van der Waals surface area contributed by atoms with E-state index >= 15 is 0 Å². The Bertz CT molecular complexity index is 850. The Hall–Kier alpha value is -3.22. The summed E-state index contributed by atoms with van der Waals surface area (Å²) in [7, 11) is 0. The van der Waals surface area contributed by atoms with Crippen LogP contribution in [0.2, 0.25) is 0 Å². The largest absolute Gasteiger partial charge is 0.344 e. The minimum Gasteiger partial charge on any atom is -0.344 e. The van der Waals surface area contributed by atoms with Crippen molar-refractivity contribution in [3.63, 3.8) is 0 Å². The number of anilines is 2. The molecule has 0 aliphatic heterocycles. The molecular weight excluding hydrogens is 368 g/mol. The maximum absolute atomic E-state index is 12.7. The number of carbonyl (C=O) groups excluding carboxylic acids is 3. The number of nitrogens with zero attached hydrogens (tertiary/aromatic N) is 1. The molecule has 0 aliphatic rings. The van der Waals surface area contributed by atoms with E-state index in [9.17, 15) is 14.4 Å². The van der Waals surface area contributed by atoms with Gasteiger partial charge in [-0.15, -0.1) is 0 Å². The number of nitrogens with one attached hydrogen (secondary N) is 3. The number of hydrogen-bond donors (Lipinski definition) is 3. The monoisotopic (exact) mass is 396 g/mol. The third-order valence-corrected chi connectivity index (χ3v) is 4.19. The van der Waals surface area contributed by atoms with Crippen LogP contribution in [0.4, 0.5) is 11.4 Å². The Labute approximate surface area is 171 Å². The minimum absolute atomic E-state index is 0.0688. The normalized spacial score (nSPS) is 11.8. The van der Waals surface area contributed by atoms with Crippen LogP contribution in [0.25, 0.3) is 0 Å². The first kappa shape index (κ1) is 22.1. The lowest BCUT2D eigenvalue weighted by Crippen LogP contribution is -2.47. The van der Waals surface area contributed by atoms with Crippen LogP contribution >= 0.6 is 0 Å². The summed E-state index contributed by atoms with van der Waals surface area (Å²) in [6.07, 6.45) is 3.46. The van der Waals surface area contributed by atoms with Crippen LogP contribution in [-0.2, 0) is 9.59 Å². The molecule has 0 radical (unpaired) electrons. The number of rotatable bonds is 8. The highest BCUT2D eigenvalue weighted by molar-refractivity contribution is 6.04. The van der Waals surface area contributed by atoms with Crippen molar-refractivity contribution in [1.82, 2.24) is 10.3 Å².